The molecular formula is C17H17BrN2O3S. The van der Waals surface area contributed by atoms with Crippen molar-refractivity contribution in [1.82, 2.24) is 5.32 Å². The minimum absolute atomic E-state index is 0.190. The lowest BCUT2D eigenvalue weighted by molar-refractivity contribution is 0.0974. The Hall–Kier alpha value is -2.12. The fourth-order valence-electron chi connectivity index (χ4n) is 1.99. The molecule has 0 heterocycles. The number of thiocarbonyl (C=S) groups is 1. The molecule has 126 valence electrons. The number of ether oxygens (including phenoxy) is 2. The van der Waals surface area contributed by atoms with Crippen LogP contribution in [0.1, 0.15) is 17.3 Å². The highest BCUT2D eigenvalue weighted by atomic mass is 79.9. The zero-order valence-electron chi connectivity index (χ0n) is 13.3. The third-order valence-electron chi connectivity index (χ3n) is 3.04. The largest absolute Gasteiger partial charge is 0.497 e. The lowest BCUT2D eigenvalue weighted by atomic mass is 10.2. The molecule has 0 saturated carbocycles. The quantitative estimate of drug-likeness (QED) is 0.732. The van der Waals surface area contributed by atoms with Crippen molar-refractivity contribution in [3.8, 4) is 11.5 Å². The van der Waals surface area contributed by atoms with E-state index in [1.807, 2.05) is 31.2 Å². The Balaban J connectivity index is 2.08. The first-order valence-corrected chi connectivity index (χ1v) is 8.42. The Morgan fingerprint density at radius 2 is 2.04 bits per heavy atom. The Labute approximate surface area is 154 Å². The van der Waals surface area contributed by atoms with Gasteiger partial charge in [-0.05, 0) is 49.5 Å². The first kappa shape index (κ1) is 18.2. The third-order valence-corrected chi connectivity index (χ3v) is 3.74. The molecule has 0 aliphatic rings. The van der Waals surface area contributed by atoms with Gasteiger partial charge in [-0.3, -0.25) is 10.1 Å². The van der Waals surface area contributed by atoms with E-state index in [2.05, 4.69) is 26.6 Å². The first-order valence-electron chi connectivity index (χ1n) is 7.22. The van der Waals surface area contributed by atoms with E-state index in [1.54, 1.807) is 25.3 Å². The van der Waals surface area contributed by atoms with Crippen molar-refractivity contribution in [2.45, 2.75) is 6.92 Å². The highest BCUT2D eigenvalue weighted by Crippen LogP contribution is 2.23. The number of methoxy groups -OCH3 is 1. The number of hydrogen-bond acceptors (Lipinski definition) is 4. The van der Waals surface area contributed by atoms with E-state index in [-0.39, 0.29) is 11.0 Å². The highest BCUT2D eigenvalue weighted by Gasteiger charge is 2.14. The van der Waals surface area contributed by atoms with E-state index < -0.39 is 0 Å². The molecule has 1 amide bonds. The summed E-state index contributed by atoms with van der Waals surface area (Å²) in [6, 6.07) is 12.5. The summed E-state index contributed by atoms with van der Waals surface area (Å²) in [5.74, 6) is 0.849. The number of amides is 1. The van der Waals surface area contributed by atoms with Crippen LogP contribution >= 0.6 is 28.1 Å². The number of halogens is 1. The van der Waals surface area contributed by atoms with Crippen LogP contribution in [-0.2, 0) is 0 Å². The molecule has 0 bridgehead atoms. The predicted molar refractivity (Wildman–Crippen MR) is 102 cm³/mol. The lowest BCUT2D eigenvalue weighted by Gasteiger charge is -2.13. The first-order chi connectivity index (χ1) is 11.5. The summed E-state index contributed by atoms with van der Waals surface area (Å²) in [5, 5.41) is 5.79. The Morgan fingerprint density at radius 1 is 1.25 bits per heavy atom. The third kappa shape index (κ3) is 4.94. The second-order valence-electron chi connectivity index (χ2n) is 4.71. The second kappa shape index (κ2) is 8.65. The molecule has 0 radical (unpaired) electrons. The molecule has 2 aromatic rings. The van der Waals surface area contributed by atoms with Crippen LogP contribution in [0.25, 0.3) is 0 Å². The smallest absolute Gasteiger partial charge is 0.261 e. The predicted octanol–water partition coefficient (Wildman–Crippen LogP) is 3.98. The molecule has 24 heavy (non-hydrogen) atoms. The van der Waals surface area contributed by atoms with Crippen LogP contribution in [0.15, 0.2) is 46.9 Å². The summed E-state index contributed by atoms with van der Waals surface area (Å²) in [4.78, 5) is 12.5. The summed E-state index contributed by atoms with van der Waals surface area (Å²) in [6.07, 6.45) is 0. The summed E-state index contributed by atoms with van der Waals surface area (Å²) >= 11 is 8.55. The molecule has 0 unspecified atom stereocenters. The molecule has 0 saturated heterocycles. The standard InChI is InChI=1S/C17H17BrN2O3S/c1-3-23-15-8-7-11(18)9-14(15)16(21)20-17(24)19-12-5-4-6-13(10-12)22-2/h4-10H,3H2,1-2H3,(H2,19,20,21,24). The van der Waals surface area contributed by atoms with Crippen LogP contribution in [0.5, 0.6) is 11.5 Å². The monoisotopic (exact) mass is 408 g/mol. The summed E-state index contributed by atoms with van der Waals surface area (Å²) in [5.41, 5.74) is 1.12. The van der Waals surface area contributed by atoms with Crippen LogP contribution in [0, 0.1) is 0 Å². The number of benzene rings is 2. The minimum atomic E-state index is -0.347. The van der Waals surface area contributed by atoms with Gasteiger partial charge in [0.1, 0.15) is 11.5 Å². The molecular weight excluding hydrogens is 392 g/mol. The minimum Gasteiger partial charge on any atom is -0.497 e. The normalized spacial score (nSPS) is 9.96. The Kier molecular flexibility index (Phi) is 6.57. The number of hydrogen-bond donors (Lipinski definition) is 2. The zero-order valence-corrected chi connectivity index (χ0v) is 15.7. The molecule has 2 rings (SSSR count). The van der Waals surface area contributed by atoms with E-state index in [4.69, 9.17) is 21.7 Å². The van der Waals surface area contributed by atoms with Crippen LogP contribution in [0.2, 0.25) is 0 Å². The molecule has 5 nitrogen and oxygen atoms in total. The van der Waals surface area contributed by atoms with Crippen LogP contribution in [0.3, 0.4) is 0 Å². The lowest BCUT2D eigenvalue weighted by Crippen LogP contribution is -2.34. The van der Waals surface area contributed by atoms with E-state index >= 15 is 0 Å². The number of nitrogens with one attached hydrogen (secondary N) is 2. The van der Waals surface area contributed by atoms with Gasteiger partial charge >= 0.3 is 0 Å². The van der Waals surface area contributed by atoms with E-state index in [1.165, 1.54) is 0 Å². The van der Waals surface area contributed by atoms with Crippen molar-refractivity contribution in [3.05, 3.63) is 52.5 Å². The summed E-state index contributed by atoms with van der Waals surface area (Å²) in [6.45, 7) is 2.33. The molecule has 2 aromatic carbocycles. The molecule has 7 heteroatoms. The maximum atomic E-state index is 12.5. The SMILES string of the molecule is CCOc1ccc(Br)cc1C(=O)NC(=S)Nc1cccc(OC)c1. The van der Waals surface area contributed by atoms with Crippen molar-refractivity contribution >= 4 is 44.9 Å². The maximum absolute atomic E-state index is 12.5. The highest BCUT2D eigenvalue weighted by molar-refractivity contribution is 9.10. The van der Waals surface area contributed by atoms with Gasteiger partial charge in [0.05, 0.1) is 19.3 Å². The molecule has 2 N–H and O–H groups in total. The fourth-order valence-corrected chi connectivity index (χ4v) is 2.57. The molecule has 0 aliphatic carbocycles. The van der Waals surface area contributed by atoms with Crippen LogP contribution in [-0.4, -0.2) is 24.7 Å². The van der Waals surface area contributed by atoms with Gasteiger partial charge in [-0.15, -0.1) is 0 Å². The van der Waals surface area contributed by atoms with Gasteiger partial charge in [-0.25, -0.2) is 0 Å². The molecule has 0 aliphatic heterocycles. The van der Waals surface area contributed by atoms with Crippen molar-refractivity contribution in [2.24, 2.45) is 0 Å². The summed E-state index contributed by atoms with van der Waals surface area (Å²) in [7, 11) is 1.59. The van der Waals surface area contributed by atoms with Crippen LogP contribution < -0.4 is 20.1 Å². The van der Waals surface area contributed by atoms with Gasteiger partial charge < -0.3 is 14.8 Å². The molecule has 0 atom stereocenters. The zero-order chi connectivity index (χ0) is 17.5. The molecule has 0 spiro atoms. The second-order valence-corrected chi connectivity index (χ2v) is 6.04. The molecule has 0 fully saturated rings. The van der Waals surface area contributed by atoms with E-state index in [0.29, 0.717) is 23.7 Å². The number of rotatable bonds is 5. The van der Waals surface area contributed by atoms with Crippen molar-refractivity contribution < 1.29 is 14.3 Å². The maximum Gasteiger partial charge on any atom is 0.261 e. The van der Waals surface area contributed by atoms with Crippen molar-refractivity contribution in [2.75, 3.05) is 19.0 Å². The Morgan fingerprint density at radius 3 is 2.75 bits per heavy atom. The van der Waals surface area contributed by atoms with Gasteiger partial charge in [0.25, 0.3) is 5.91 Å². The average molecular weight is 409 g/mol. The van der Waals surface area contributed by atoms with Crippen LogP contribution in [0.4, 0.5) is 5.69 Å². The van der Waals surface area contributed by atoms with Gasteiger partial charge in [0.15, 0.2) is 5.11 Å². The van der Waals surface area contributed by atoms with Gasteiger partial charge in [-0.2, -0.15) is 0 Å². The van der Waals surface area contributed by atoms with Crippen molar-refractivity contribution in [3.63, 3.8) is 0 Å². The summed E-state index contributed by atoms with van der Waals surface area (Å²) < 4.78 is 11.4. The van der Waals surface area contributed by atoms with Crippen molar-refractivity contribution in [1.29, 1.82) is 0 Å². The average Bonchev–Trinajstić information content (AvgIpc) is 2.56. The number of anilines is 1. The Bertz CT molecular complexity index is 752. The van der Waals surface area contributed by atoms with Gasteiger partial charge in [0, 0.05) is 16.2 Å². The van der Waals surface area contributed by atoms with E-state index in [0.717, 1.165) is 10.2 Å². The van der Waals surface area contributed by atoms with Gasteiger partial charge in [0.2, 0.25) is 0 Å². The topological polar surface area (TPSA) is 59.6 Å². The molecule has 0 aromatic heterocycles. The number of carbonyl (C=O) groups excluding carboxylic acids is 1. The number of carbonyl (C=O) groups is 1. The van der Waals surface area contributed by atoms with Gasteiger partial charge in [-0.1, -0.05) is 22.0 Å². The van der Waals surface area contributed by atoms with E-state index in [9.17, 15) is 4.79 Å². The fraction of sp³-hybridized carbons (Fsp3) is 0.176.